The Morgan fingerprint density at radius 3 is 2.63 bits per heavy atom. The highest BCUT2D eigenvalue weighted by molar-refractivity contribution is 6.22. The lowest BCUT2D eigenvalue weighted by molar-refractivity contribution is 0.0607. The molecule has 1 saturated heterocycles. The van der Waals surface area contributed by atoms with E-state index in [9.17, 15) is 4.79 Å². The number of aryl methyl sites for hydroxylation is 1. The topological polar surface area (TPSA) is 32.3 Å². The number of hydrogen-bond donors (Lipinski definition) is 1. The first-order valence-corrected chi connectivity index (χ1v) is 11.7. The number of nitrogens with zero attached hydrogens (tertiary/aromatic N) is 1. The third-order valence-corrected chi connectivity index (χ3v) is 7.08. The van der Waals surface area contributed by atoms with Crippen molar-refractivity contribution in [3.05, 3.63) is 59.2 Å². The van der Waals surface area contributed by atoms with Crippen molar-refractivity contribution in [2.45, 2.75) is 58.9 Å². The normalized spacial score (nSPS) is 25.1. The largest absolute Gasteiger partial charge is 0.348 e. The van der Waals surface area contributed by atoms with E-state index in [1.165, 1.54) is 5.57 Å². The number of likely N-dealkylation sites (tertiary alicyclic amines) is 1. The molecule has 1 aliphatic heterocycles. The van der Waals surface area contributed by atoms with E-state index in [0.717, 1.165) is 43.6 Å². The van der Waals surface area contributed by atoms with Crippen molar-refractivity contribution in [1.82, 2.24) is 10.2 Å². The van der Waals surface area contributed by atoms with Gasteiger partial charge < -0.3 is 10.2 Å². The van der Waals surface area contributed by atoms with Crippen LogP contribution in [0.25, 0.3) is 0 Å². The van der Waals surface area contributed by atoms with Crippen molar-refractivity contribution < 1.29 is 4.79 Å². The van der Waals surface area contributed by atoms with Gasteiger partial charge in [-0.05, 0) is 60.8 Å². The number of halogens is 1. The Hall–Kier alpha value is -1.58. The maximum absolute atomic E-state index is 12.9. The minimum absolute atomic E-state index is 0.0362. The zero-order chi connectivity index (χ0) is 21.9. The highest BCUT2D eigenvalue weighted by Gasteiger charge is 2.38. The smallest absolute Gasteiger partial charge is 0.251 e. The van der Waals surface area contributed by atoms with Gasteiger partial charge in [-0.15, -0.1) is 11.6 Å². The second-order valence-electron chi connectivity index (χ2n) is 10.0. The maximum Gasteiger partial charge on any atom is 0.251 e. The highest BCUT2D eigenvalue weighted by Crippen LogP contribution is 2.41. The Morgan fingerprint density at radius 1 is 1.30 bits per heavy atom. The lowest BCUT2D eigenvalue weighted by atomic mass is 9.69. The summed E-state index contributed by atoms with van der Waals surface area (Å²) in [5.41, 5.74) is 3.43. The molecule has 3 atom stereocenters. The number of amides is 1. The maximum atomic E-state index is 12.9. The summed E-state index contributed by atoms with van der Waals surface area (Å²) in [5, 5.41) is 3.45. The zero-order valence-electron chi connectivity index (χ0n) is 19.1. The molecular weight excluding hydrogens is 392 g/mol. The van der Waals surface area contributed by atoms with Gasteiger partial charge in [-0.25, -0.2) is 0 Å². The highest BCUT2D eigenvalue weighted by atomic mass is 35.5. The second kappa shape index (κ2) is 9.70. The molecule has 0 radical (unpaired) electrons. The third kappa shape index (κ3) is 5.56. The molecule has 0 bridgehead atoms. The van der Waals surface area contributed by atoms with E-state index in [-0.39, 0.29) is 22.7 Å². The Bertz CT molecular complexity index is 811. The summed E-state index contributed by atoms with van der Waals surface area (Å²) in [5.74, 6) is 0.978. The number of rotatable bonds is 6. The number of nitrogens with one attached hydrogen (secondary N) is 1. The first kappa shape index (κ1) is 23.1. The number of alkyl halides is 1. The first-order chi connectivity index (χ1) is 14.2. The van der Waals surface area contributed by atoms with E-state index >= 15 is 0 Å². The molecule has 1 heterocycles. The van der Waals surface area contributed by atoms with Gasteiger partial charge in [0.1, 0.15) is 0 Å². The molecule has 1 unspecified atom stereocenters. The average Bonchev–Trinajstić information content (AvgIpc) is 2.68. The molecule has 4 heteroatoms. The number of allylic oxidation sites excluding steroid dienone is 4. The van der Waals surface area contributed by atoms with E-state index in [1.807, 2.05) is 31.2 Å². The van der Waals surface area contributed by atoms with Gasteiger partial charge in [0.15, 0.2) is 0 Å². The Labute approximate surface area is 187 Å². The van der Waals surface area contributed by atoms with Crippen LogP contribution in [-0.4, -0.2) is 41.9 Å². The minimum Gasteiger partial charge on any atom is -0.348 e. The van der Waals surface area contributed by atoms with Gasteiger partial charge in [-0.3, -0.25) is 4.79 Å². The standard InChI is InChI=1S/C26H37ClN2O/c1-18(2)24(28-25(30)22-9-7-6-8-19(22)3)16-29-15-14-23(26(4,5)17-29)20-10-12-21(27)13-11-20/h6-12,18,21,23-24H,13-17H2,1-5H3,(H,28,30)/t21?,23-,24+/m1/s1. The summed E-state index contributed by atoms with van der Waals surface area (Å²) in [6, 6.07) is 7.94. The van der Waals surface area contributed by atoms with Gasteiger partial charge in [0.05, 0.1) is 5.38 Å². The van der Waals surface area contributed by atoms with Gasteiger partial charge in [0, 0.05) is 24.7 Å². The fourth-order valence-electron chi connectivity index (χ4n) is 4.89. The molecule has 0 spiro atoms. The summed E-state index contributed by atoms with van der Waals surface area (Å²) in [6.45, 7) is 14.1. The molecule has 1 amide bonds. The van der Waals surface area contributed by atoms with Crippen LogP contribution in [0, 0.1) is 24.2 Å². The number of hydrogen-bond acceptors (Lipinski definition) is 2. The van der Waals surface area contributed by atoms with Gasteiger partial charge in [0.2, 0.25) is 0 Å². The third-order valence-electron chi connectivity index (χ3n) is 6.75. The van der Waals surface area contributed by atoms with Crippen LogP contribution in [0.3, 0.4) is 0 Å². The number of piperidine rings is 1. The second-order valence-corrected chi connectivity index (χ2v) is 10.6. The van der Waals surface area contributed by atoms with E-state index in [0.29, 0.717) is 11.8 Å². The van der Waals surface area contributed by atoms with Crippen molar-refractivity contribution in [3.8, 4) is 0 Å². The van der Waals surface area contributed by atoms with Crippen molar-refractivity contribution in [3.63, 3.8) is 0 Å². The van der Waals surface area contributed by atoms with E-state index in [1.54, 1.807) is 0 Å². The van der Waals surface area contributed by atoms with Crippen LogP contribution < -0.4 is 5.32 Å². The van der Waals surface area contributed by atoms with Crippen molar-refractivity contribution in [1.29, 1.82) is 0 Å². The molecule has 0 saturated carbocycles. The molecule has 164 valence electrons. The van der Waals surface area contributed by atoms with Crippen LogP contribution in [0.15, 0.2) is 48.1 Å². The van der Waals surface area contributed by atoms with E-state index < -0.39 is 0 Å². The van der Waals surface area contributed by atoms with Gasteiger partial charge >= 0.3 is 0 Å². The fraction of sp³-hybridized carbons (Fsp3) is 0.577. The summed E-state index contributed by atoms with van der Waals surface area (Å²) < 4.78 is 0. The van der Waals surface area contributed by atoms with Crippen LogP contribution in [0.2, 0.25) is 0 Å². The van der Waals surface area contributed by atoms with Gasteiger partial charge in [0.25, 0.3) is 5.91 Å². The zero-order valence-corrected chi connectivity index (χ0v) is 19.9. The van der Waals surface area contributed by atoms with Gasteiger partial charge in [-0.2, -0.15) is 0 Å². The van der Waals surface area contributed by atoms with E-state index in [2.05, 4.69) is 56.1 Å². The van der Waals surface area contributed by atoms with Crippen LogP contribution in [0.4, 0.5) is 0 Å². The molecule has 1 fully saturated rings. The summed E-state index contributed by atoms with van der Waals surface area (Å²) in [6.07, 6.45) is 8.79. The predicted octanol–water partition coefficient (Wildman–Crippen LogP) is 5.59. The van der Waals surface area contributed by atoms with Crippen molar-refractivity contribution in [2.24, 2.45) is 17.3 Å². The van der Waals surface area contributed by atoms with Crippen molar-refractivity contribution >= 4 is 17.5 Å². The van der Waals surface area contributed by atoms with Crippen LogP contribution in [-0.2, 0) is 0 Å². The fourth-order valence-corrected chi connectivity index (χ4v) is 5.05. The summed E-state index contributed by atoms with van der Waals surface area (Å²) in [7, 11) is 0. The SMILES string of the molecule is Cc1ccccc1C(=O)N[C@@H](CN1CC[C@H](C2=CCC(Cl)C=C2)C(C)(C)C1)C(C)C. The lowest BCUT2D eigenvalue weighted by Gasteiger charge is -2.46. The molecule has 1 N–H and O–H groups in total. The average molecular weight is 429 g/mol. The molecule has 3 nitrogen and oxygen atoms in total. The van der Waals surface area contributed by atoms with Crippen molar-refractivity contribution in [2.75, 3.05) is 19.6 Å². The number of carbonyl (C=O) groups excluding carboxylic acids is 1. The Morgan fingerprint density at radius 2 is 2.03 bits per heavy atom. The van der Waals surface area contributed by atoms with Crippen LogP contribution >= 0.6 is 11.6 Å². The summed E-state index contributed by atoms with van der Waals surface area (Å²) >= 11 is 6.22. The lowest BCUT2D eigenvalue weighted by Crippen LogP contribution is -2.53. The Kier molecular flexibility index (Phi) is 7.47. The molecule has 0 aromatic heterocycles. The molecule has 3 rings (SSSR count). The molecular formula is C26H37ClN2O. The predicted molar refractivity (Wildman–Crippen MR) is 127 cm³/mol. The molecule has 1 aliphatic carbocycles. The Balaban J connectivity index is 1.64. The molecule has 30 heavy (non-hydrogen) atoms. The number of benzene rings is 1. The van der Waals surface area contributed by atoms with Crippen LogP contribution in [0.5, 0.6) is 0 Å². The number of carbonyl (C=O) groups is 1. The minimum atomic E-state index is 0.0362. The summed E-state index contributed by atoms with van der Waals surface area (Å²) in [4.78, 5) is 15.4. The first-order valence-electron chi connectivity index (χ1n) is 11.3. The van der Waals surface area contributed by atoms with Crippen LogP contribution in [0.1, 0.15) is 56.5 Å². The van der Waals surface area contributed by atoms with E-state index in [4.69, 9.17) is 11.6 Å². The quantitative estimate of drug-likeness (QED) is 0.599. The monoisotopic (exact) mass is 428 g/mol. The molecule has 1 aromatic carbocycles. The molecule has 2 aliphatic rings. The molecule has 1 aromatic rings. The van der Waals surface area contributed by atoms with Gasteiger partial charge in [-0.1, -0.05) is 64.1 Å².